The Kier molecular flexibility index (Phi) is 6.91. The number of rotatable bonds is 9. The summed E-state index contributed by atoms with van der Waals surface area (Å²) in [5.41, 5.74) is 7.03. The average Bonchev–Trinajstić information content (AvgIpc) is 2.64. The van der Waals surface area contributed by atoms with Crippen LogP contribution in [0.3, 0.4) is 0 Å². The first kappa shape index (κ1) is 18.4. The first-order valence-electron chi connectivity index (χ1n) is 8.11. The van der Waals surface area contributed by atoms with Crippen LogP contribution < -0.4 is 11.1 Å². The molecule has 0 heterocycles. The highest BCUT2D eigenvalue weighted by Crippen LogP contribution is 2.22. The highest BCUT2D eigenvalue weighted by Gasteiger charge is 2.16. The largest absolute Gasteiger partial charge is 0.371 e. The zero-order valence-corrected chi connectivity index (χ0v) is 13.9. The fraction of sp³-hybridized carbons (Fsp3) is 0.278. The zero-order valence-electron chi connectivity index (χ0n) is 13.9. The molecule has 0 aliphatic heterocycles. The van der Waals surface area contributed by atoms with Crippen LogP contribution in [-0.4, -0.2) is 41.9 Å². The van der Waals surface area contributed by atoms with Gasteiger partial charge in [0, 0.05) is 25.7 Å². The molecule has 2 aromatic rings. The minimum Gasteiger partial charge on any atom is -0.371 e. The van der Waals surface area contributed by atoms with Crippen LogP contribution in [0, 0.1) is 10.1 Å². The van der Waals surface area contributed by atoms with Crippen LogP contribution >= 0.6 is 0 Å². The van der Waals surface area contributed by atoms with Crippen LogP contribution in [0.15, 0.2) is 54.6 Å². The van der Waals surface area contributed by atoms with Gasteiger partial charge in [0.25, 0.3) is 5.69 Å². The van der Waals surface area contributed by atoms with Gasteiger partial charge in [0.05, 0.1) is 11.5 Å². The van der Waals surface area contributed by atoms with Gasteiger partial charge in [-0.15, -0.1) is 0 Å². The molecular weight excluding hydrogens is 320 g/mol. The standard InChI is InChI=1S/C18H22N4O3/c19-11-13-21(12-10-15-6-2-1-3-7-15)18(23)14-20-16-8-4-5-9-17(16)22(24)25/h1-9,20H,10-14,19H2. The summed E-state index contributed by atoms with van der Waals surface area (Å²) in [7, 11) is 0. The molecule has 2 rings (SSSR count). The Bertz CT molecular complexity index is 706. The number of carbonyl (C=O) groups excluding carboxylic acids is 1. The number of nitrogens with one attached hydrogen (secondary N) is 1. The number of hydrogen-bond acceptors (Lipinski definition) is 5. The molecule has 0 saturated heterocycles. The summed E-state index contributed by atoms with van der Waals surface area (Å²) in [6.45, 7) is 1.36. The first-order chi connectivity index (χ1) is 12.1. The zero-order chi connectivity index (χ0) is 18.1. The SMILES string of the molecule is NCCN(CCc1ccccc1)C(=O)CNc1ccccc1[N+](=O)[O-]. The Balaban J connectivity index is 1.95. The van der Waals surface area contributed by atoms with Crippen LogP contribution in [-0.2, 0) is 11.2 Å². The van der Waals surface area contributed by atoms with Gasteiger partial charge in [-0.3, -0.25) is 14.9 Å². The molecule has 0 aliphatic carbocycles. The van der Waals surface area contributed by atoms with Gasteiger partial charge >= 0.3 is 0 Å². The molecule has 2 aromatic carbocycles. The monoisotopic (exact) mass is 342 g/mol. The molecule has 0 fully saturated rings. The number of hydrogen-bond donors (Lipinski definition) is 2. The minimum absolute atomic E-state index is 0.0142. The molecule has 0 unspecified atom stereocenters. The summed E-state index contributed by atoms with van der Waals surface area (Å²) in [6.07, 6.45) is 0.734. The predicted octanol–water partition coefficient (Wildman–Crippen LogP) is 2.04. The number of nitro groups is 1. The van der Waals surface area contributed by atoms with Crippen molar-refractivity contribution in [1.29, 1.82) is 0 Å². The van der Waals surface area contributed by atoms with Crippen LogP contribution in [0.25, 0.3) is 0 Å². The van der Waals surface area contributed by atoms with E-state index in [4.69, 9.17) is 5.73 Å². The van der Waals surface area contributed by atoms with E-state index in [9.17, 15) is 14.9 Å². The normalized spacial score (nSPS) is 10.3. The Morgan fingerprint density at radius 3 is 2.44 bits per heavy atom. The third-order valence-electron chi connectivity index (χ3n) is 3.80. The molecule has 3 N–H and O–H groups in total. The van der Waals surface area contributed by atoms with Crippen molar-refractivity contribution in [3.8, 4) is 0 Å². The second-order valence-corrected chi connectivity index (χ2v) is 5.53. The fourth-order valence-electron chi connectivity index (χ4n) is 2.49. The van der Waals surface area contributed by atoms with Crippen molar-refractivity contribution in [3.05, 3.63) is 70.3 Å². The number of nitrogens with two attached hydrogens (primary N) is 1. The third-order valence-corrected chi connectivity index (χ3v) is 3.80. The second-order valence-electron chi connectivity index (χ2n) is 5.53. The van der Waals surface area contributed by atoms with Crippen molar-refractivity contribution in [2.24, 2.45) is 5.73 Å². The molecule has 1 amide bonds. The van der Waals surface area contributed by atoms with Gasteiger partial charge in [0.2, 0.25) is 5.91 Å². The number of carbonyl (C=O) groups is 1. The van der Waals surface area contributed by atoms with E-state index in [1.807, 2.05) is 30.3 Å². The van der Waals surface area contributed by atoms with E-state index in [1.54, 1.807) is 23.1 Å². The Morgan fingerprint density at radius 1 is 1.08 bits per heavy atom. The van der Waals surface area contributed by atoms with E-state index in [0.29, 0.717) is 25.3 Å². The molecule has 0 bridgehead atoms. The van der Waals surface area contributed by atoms with E-state index < -0.39 is 4.92 Å². The summed E-state index contributed by atoms with van der Waals surface area (Å²) >= 11 is 0. The molecule has 0 spiro atoms. The van der Waals surface area contributed by atoms with Gasteiger partial charge in [-0.25, -0.2) is 0 Å². The quantitative estimate of drug-likeness (QED) is 0.536. The van der Waals surface area contributed by atoms with E-state index in [0.717, 1.165) is 12.0 Å². The Labute approximate surface area is 146 Å². The molecule has 0 aliphatic rings. The number of nitrogens with zero attached hydrogens (tertiary/aromatic N) is 2. The van der Waals surface area contributed by atoms with Crippen molar-refractivity contribution in [1.82, 2.24) is 4.90 Å². The number of nitro benzene ring substituents is 1. The smallest absolute Gasteiger partial charge is 0.292 e. The van der Waals surface area contributed by atoms with Gasteiger partial charge in [0.15, 0.2) is 0 Å². The first-order valence-corrected chi connectivity index (χ1v) is 8.11. The minimum atomic E-state index is -0.472. The van der Waals surface area contributed by atoms with Crippen LogP contribution in [0.4, 0.5) is 11.4 Å². The lowest BCUT2D eigenvalue weighted by Gasteiger charge is -2.22. The van der Waals surface area contributed by atoms with Crippen molar-refractivity contribution < 1.29 is 9.72 Å². The summed E-state index contributed by atoms with van der Waals surface area (Å²) in [6, 6.07) is 16.2. The molecule has 7 nitrogen and oxygen atoms in total. The number of anilines is 1. The number of amides is 1. The molecule has 0 saturated carbocycles. The maximum atomic E-state index is 12.4. The summed E-state index contributed by atoms with van der Waals surface area (Å²) in [5.74, 6) is -0.139. The van der Waals surface area contributed by atoms with E-state index in [1.165, 1.54) is 6.07 Å². The van der Waals surface area contributed by atoms with Crippen LogP contribution in [0.5, 0.6) is 0 Å². The van der Waals surface area contributed by atoms with Crippen molar-refractivity contribution >= 4 is 17.3 Å². The lowest BCUT2D eigenvalue weighted by atomic mass is 10.1. The molecule has 7 heteroatoms. The predicted molar refractivity (Wildman–Crippen MR) is 97.4 cm³/mol. The number of para-hydroxylation sites is 2. The van der Waals surface area contributed by atoms with Gasteiger partial charge in [-0.05, 0) is 18.1 Å². The van der Waals surface area contributed by atoms with Gasteiger partial charge in [0.1, 0.15) is 5.69 Å². The van der Waals surface area contributed by atoms with Crippen LogP contribution in [0.2, 0.25) is 0 Å². The second kappa shape index (κ2) is 9.39. The van der Waals surface area contributed by atoms with Crippen molar-refractivity contribution in [2.45, 2.75) is 6.42 Å². The summed E-state index contributed by atoms with van der Waals surface area (Å²) in [5, 5.41) is 13.9. The van der Waals surface area contributed by atoms with Gasteiger partial charge < -0.3 is 16.0 Å². The average molecular weight is 342 g/mol. The lowest BCUT2D eigenvalue weighted by Crippen LogP contribution is -2.40. The van der Waals surface area contributed by atoms with E-state index >= 15 is 0 Å². The Hall–Kier alpha value is -2.93. The molecule has 132 valence electrons. The van der Waals surface area contributed by atoms with Crippen LogP contribution in [0.1, 0.15) is 5.56 Å². The van der Waals surface area contributed by atoms with Gasteiger partial charge in [-0.2, -0.15) is 0 Å². The van der Waals surface area contributed by atoms with Crippen molar-refractivity contribution in [3.63, 3.8) is 0 Å². The topological polar surface area (TPSA) is 102 Å². The van der Waals surface area contributed by atoms with E-state index in [2.05, 4.69) is 5.32 Å². The van der Waals surface area contributed by atoms with E-state index in [-0.39, 0.29) is 18.1 Å². The maximum absolute atomic E-state index is 12.4. The third kappa shape index (κ3) is 5.58. The summed E-state index contributed by atoms with van der Waals surface area (Å²) in [4.78, 5) is 24.7. The lowest BCUT2D eigenvalue weighted by molar-refractivity contribution is -0.383. The number of benzene rings is 2. The molecule has 0 aromatic heterocycles. The van der Waals surface area contributed by atoms with Crippen molar-refractivity contribution in [2.75, 3.05) is 31.5 Å². The molecule has 25 heavy (non-hydrogen) atoms. The maximum Gasteiger partial charge on any atom is 0.292 e. The molecular formula is C18H22N4O3. The highest BCUT2D eigenvalue weighted by atomic mass is 16.6. The Morgan fingerprint density at radius 2 is 1.76 bits per heavy atom. The van der Waals surface area contributed by atoms with Gasteiger partial charge in [-0.1, -0.05) is 42.5 Å². The highest BCUT2D eigenvalue weighted by molar-refractivity contribution is 5.81. The fourth-order valence-corrected chi connectivity index (χ4v) is 2.49. The molecule has 0 atom stereocenters. The molecule has 0 radical (unpaired) electrons. The summed E-state index contributed by atoms with van der Waals surface area (Å²) < 4.78 is 0.